The number of imide groups is 1. The number of urea groups is 1. The first kappa shape index (κ1) is 26.4. The first-order valence-corrected chi connectivity index (χ1v) is 10.6. The van der Waals surface area contributed by atoms with E-state index in [1.54, 1.807) is 30.3 Å². The van der Waals surface area contributed by atoms with Gasteiger partial charge in [0.2, 0.25) is 11.5 Å². The van der Waals surface area contributed by atoms with Crippen LogP contribution in [0.1, 0.15) is 31.1 Å². The lowest BCUT2D eigenvalue weighted by atomic mass is 10.1. The van der Waals surface area contributed by atoms with Gasteiger partial charge in [-0.05, 0) is 24.3 Å². The lowest BCUT2D eigenvalue weighted by Gasteiger charge is -2.20. The highest BCUT2D eigenvalue weighted by Gasteiger charge is 2.42. The summed E-state index contributed by atoms with van der Waals surface area (Å²) in [6.07, 6.45) is 0. The molecule has 13 nitrogen and oxygen atoms in total. The van der Waals surface area contributed by atoms with Gasteiger partial charge in [-0.1, -0.05) is 18.2 Å². The molecule has 4 amide bonds. The fourth-order valence-corrected chi connectivity index (χ4v) is 3.22. The normalized spacial score (nSPS) is 14.5. The number of ether oxygens (including phenoxy) is 3. The van der Waals surface area contributed by atoms with Crippen molar-refractivity contribution in [2.24, 2.45) is 10.7 Å². The van der Waals surface area contributed by atoms with Crippen LogP contribution in [0.4, 0.5) is 10.5 Å². The molecule has 1 aliphatic heterocycles. The van der Waals surface area contributed by atoms with Crippen molar-refractivity contribution in [3.63, 3.8) is 0 Å². The number of rotatable bonds is 5. The van der Waals surface area contributed by atoms with Crippen LogP contribution in [0.2, 0.25) is 0 Å². The molecular formula is C24H21N4O9+. The zero-order chi connectivity index (χ0) is 27.4. The second kappa shape index (κ2) is 10.6. The summed E-state index contributed by atoms with van der Waals surface area (Å²) in [5.74, 6) is -6.19. The van der Waals surface area contributed by atoms with Crippen molar-refractivity contribution in [3.05, 3.63) is 48.0 Å². The minimum atomic E-state index is -1.07. The quantitative estimate of drug-likeness (QED) is 0.352. The average molecular weight is 509 g/mol. The number of hydrogen-bond acceptors (Lipinski definition) is 10. The summed E-state index contributed by atoms with van der Waals surface area (Å²) in [5.41, 5.74) is 5.56. The summed E-state index contributed by atoms with van der Waals surface area (Å²) >= 11 is 0. The number of hydrogen-bond donors (Lipinski definition) is 1. The Balaban J connectivity index is 2.19. The van der Waals surface area contributed by atoms with Gasteiger partial charge in [0, 0.05) is 26.3 Å². The SMILES string of the molecule is CC(=O)Oc1cc(C(=O)N=C2C(=O)N(C)C(=O)[N+](c3ccccc3)=C2N)cc(OC(C)=O)c1OC(C)=O. The molecule has 0 unspecified atom stereocenters. The van der Waals surface area contributed by atoms with Gasteiger partial charge in [-0.2, -0.15) is 14.5 Å². The lowest BCUT2D eigenvalue weighted by Crippen LogP contribution is -2.55. The van der Waals surface area contributed by atoms with E-state index in [9.17, 15) is 28.8 Å². The number of benzene rings is 2. The molecule has 0 fully saturated rings. The van der Waals surface area contributed by atoms with E-state index in [-0.39, 0.29) is 5.56 Å². The zero-order valence-electron chi connectivity index (χ0n) is 20.1. The van der Waals surface area contributed by atoms with Crippen LogP contribution in [0.15, 0.2) is 47.5 Å². The Morgan fingerprint density at radius 3 is 1.86 bits per heavy atom. The van der Waals surface area contributed by atoms with E-state index in [1.165, 1.54) is 7.05 Å². The fraction of sp³-hybridized carbons (Fsp3) is 0.167. The third-order valence-corrected chi connectivity index (χ3v) is 4.72. The Kier molecular flexibility index (Phi) is 7.56. The predicted molar refractivity (Wildman–Crippen MR) is 126 cm³/mol. The molecule has 2 aromatic rings. The van der Waals surface area contributed by atoms with E-state index < -0.39 is 64.5 Å². The first-order chi connectivity index (χ1) is 17.4. The molecule has 2 aromatic carbocycles. The maximum atomic E-state index is 13.1. The molecule has 2 N–H and O–H groups in total. The first-order valence-electron chi connectivity index (χ1n) is 10.6. The number of esters is 3. The van der Waals surface area contributed by atoms with Crippen molar-refractivity contribution >= 4 is 53.0 Å². The van der Waals surface area contributed by atoms with Crippen molar-refractivity contribution in [2.75, 3.05) is 7.05 Å². The zero-order valence-corrected chi connectivity index (χ0v) is 20.1. The minimum absolute atomic E-state index is 0.317. The Morgan fingerprint density at radius 2 is 1.38 bits per heavy atom. The summed E-state index contributed by atoms with van der Waals surface area (Å²) in [6.45, 7) is 3.17. The van der Waals surface area contributed by atoms with Gasteiger partial charge in [0.15, 0.2) is 11.5 Å². The van der Waals surface area contributed by atoms with Gasteiger partial charge >= 0.3 is 29.8 Å². The third kappa shape index (κ3) is 5.73. The van der Waals surface area contributed by atoms with Gasteiger partial charge in [0.1, 0.15) is 5.69 Å². The van der Waals surface area contributed by atoms with Crippen LogP contribution in [0.25, 0.3) is 0 Å². The van der Waals surface area contributed by atoms with Crippen molar-refractivity contribution in [3.8, 4) is 17.2 Å². The van der Waals surface area contributed by atoms with Crippen LogP contribution in [0.5, 0.6) is 17.2 Å². The second-order valence-electron chi connectivity index (χ2n) is 7.55. The Bertz CT molecular complexity index is 1370. The molecule has 0 bridgehead atoms. The molecule has 0 atom stereocenters. The highest BCUT2D eigenvalue weighted by molar-refractivity contribution is 6.68. The summed E-state index contributed by atoms with van der Waals surface area (Å²) < 4.78 is 16.1. The van der Waals surface area contributed by atoms with E-state index in [0.29, 0.717) is 5.69 Å². The molecule has 0 spiro atoms. The molecule has 1 heterocycles. The maximum absolute atomic E-state index is 13.1. The standard InChI is InChI=1S/C24H20N4O9/c1-12(29)35-17-10-15(11-18(36-13(2)30)20(17)37-14(3)31)22(32)26-19-21(25)28(16-8-6-5-7-9-16)24(34)27(4)23(19)33/h5-11,25H,1-4H3/p+1. The lowest BCUT2D eigenvalue weighted by molar-refractivity contribution is -0.342. The number of amidine groups is 1. The van der Waals surface area contributed by atoms with Gasteiger partial charge in [0.05, 0.1) is 7.05 Å². The topological polar surface area (TPSA) is 175 Å². The highest BCUT2D eigenvalue weighted by Crippen LogP contribution is 2.39. The van der Waals surface area contributed by atoms with Crippen molar-refractivity contribution < 1.29 is 47.6 Å². The average Bonchev–Trinajstić information content (AvgIpc) is 2.82. The summed E-state index contributed by atoms with van der Waals surface area (Å²) in [4.78, 5) is 78.0. The molecule has 0 saturated carbocycles. The van der Waals surface area contributed by atoms with Gasteiger partial charge in [-0.15, -0.1) is 0 Å². The predicted octanol–water partition coefficient (Wildman–Crippen LogP) is 1.34. The van der Waals surface area contributed by atoms with E-state index in [2.05, 4.69) is 4.99 Å². The molecule has 0 aliphatic carbocycles. The molecule has 3 rings (SSSR count). The third-order valence-electron chi connectivity index (χ3n) is 4.72. The van der Waals surface area contributed by atoms with Crippen LogP contribution in [0, 0.1) is 0 Å². The molecule has 13 heteroatoms. The van der Waals surface area contributed by atoms with Gasteiger partial charge in [0.25, 0.3) is 11.7 Å². The van der Waals surface area contributed by atoms with Gasteiger partial charge in [-0.25, -0.2) is 9.59 Å². The number of aliphatic imine (C=N–C) groups is 1. The summed E-state index contributed by atoms with van der Waals surface area (Å²) in [6, 6.07) is 9.38. The second-order valence-corrected chi connectivity index (χ2v) is 7.55. The molecule has 0 radical (unpaired) electrons. The Hall–Kier alpha value is -5.20. The summed E-state index contributed by atoms with van der Waals surface area (Å²) in [7, 11) is 1.19. The van der Waals surface area contributed by atoms with E-state index in [4.69, 9.17) is 19.9 Å². The van der Waals surface area contributed by atoms with Crippen LogP contribution < -0.4 is 19.9 Å². The van der Waals surface area contributed by atoms with Crippen LogP contribution in [-0.2, 0) is 19.2 Å². The number of carbonyl (C=O) groups is 6. The molecular weight excluding hydrogens is 488 g/mol. The van der Waals surface area contributed by atoms with Crippen LogP contribution >= 0.6 is 0 Å². The van der Waals surface area contributed by atoms with Crippen molar-refractivity contribution in [2.45, 2.75) is 20.8 Å². The van der Waals surface area contributed by atoms with Crippen LogP contribution in [0.3, 0.4) is 0 Å². The van der Waals surface area contributed by atoms with Gasteiger partial charge < -0.3 is 19.9 Å². The monoisotopic (exact) mass is 509 g/mol. The van der Waals surface area contributed by atoms with Crippen LogP contribution in [-0.4, -0.2) is 63.8 Å². The van der Waals surface area contributed by atoms with Crippen molar-refractivity contribution in [1.82, 2.24) is 4.90 Å². The fourth-order valence-electron chi connectivity index (χ4n) is 3.22. The number of nitrogens with zero attached hydrogens (tertiary/aromatic N) is 3. The van der Waals surface area contributed by atoms with Gasteiger partial charge in [-0.3, -0.25) is 19.2 Å². The molecule has 37 heavy (non-hydrogen) atoms. The maximum Gasteiger partial charge on any atom is 0.451 e. The molecule has 1 aliphatic rings. The van der Waals surface area contributed by atoms with Crippen molar-refractivity contribution in [1.29, 1.82) is 0 Å². The number of nitrogens with two attached hydrogens (primary N) is 1. The molecule has 0 aromatic heterocycles. The molecule has 190 valence electrons. The number of carbonyl (C=O) groups excluding carboxylic acids is 6. The van der Waals surface area contributed by atoms with E-state index in [1.807, 2.05) is 0 Å². The minimum Gasteiger partial charge on any atom is -0.423 e. The highest BCUT2D eigenvalue weighted by atomic mass is 16.6. The summed E-state index contributed by atoms with van der Waals surface area (Å²) in [5, 5.41) is 0. The van der Waals surface area contributed by atoms with E-state index in [0.717, 1.165) is 42.4 Å². The largest absolute Gasteiger partial charge is 0.451 e. The molecule has 0 saturated heterocycles. The number of para-hydroxylation sites is 1. The Labute approximate surface area is 209 Å². The number of amides is 4. The van der Waals surface area contributed by atoms with E-state index >= 15 is 0 Å². The smallest absolute Gasteiger partial charge is 0.423 e. The Morgan fingerprint density at radius 1 is 0.865 bits per heavy atom.